The van der Waals surface area contributed by atoms with Gasteiger partial charge in [0.05, 0.1) is 16.3 Å². The van der Waals surface area contributed by atoms with Crippen LogP contribution in [0.1, 0.15) is 22.8 Å². The quantitative estimate of drug-likeness (QED) is 0.806. The summed E-state index contributed by atoms with van der Waals surface area (Å²) in [5.41, 5.74) is 3.19. The molecular weight excluding hydrogens is 270 g/mol. The first-order valence-electron chi connectivity index (χ1n) is 6.36. The van der Waals surface area contributed by atoms with E-state index < -0.39 is 0 Å². The van der Waals surface area contributed by atoms with Gasteiger partial charge in [0.15, 0.2) is 5.78 Å². The number of nitrogens with one attached hydrogen (secondary N) is 1. The van der Waals surface area contributed by atoms with E-state index in [0.29, 0.717) is 22.7 Å². The third-order valence-electron chi connectivity index (χ3n) is 2.94. The second kappa shape index (κ2) is 6.40. The zero-order valence-electron chi connectivity index (χ0n) is 11.3. The summed E-state index contributed by atoms with van der Waals surface area (Å²) in [7, 11) is 0. The topological polar surface area (TPSA) is 29.1 Å². The SMILES string of the molecule is C=C(Cc1ccccc1)Nc1cccc(Cl)c1C(C)=O. The number of anilines is 1. The molecule has 0 radical (unpaired) electrons. The van der Waals surface area contributed by atoms with Gasteiger partial charge in [-0.2, -0.15) is 0 Å². The Morgan fingerprint density at radius 2 is 1.85 bits per heavy atom. The molecule has 0 aliphatic heterocycles. The molecule has 0 aliphatic rings. The summed E-state index contributed by atoms with van der Waals surface area (Å²) in [6, 6.07) is 15.4. The molecule has 0 aliphatic carbocycles. The lowest BCUT2D eigenvalue weighted by molar-refractivity contribution is 0.101. The van der Waals surface area contributed by atoms with E-state index in [0.717, 1.165) is 11.3 Å². The second-order valence-corrected chi connectivity index (χ2v) is 5.02. The lowest BCUT2D eigenvalue weighted by Crippen LogP contribution is -2.06. The van der Waals surface area contributed by atoms with E-state index >= 15 is 0 Å². The van der Waals surface area contributed by atoms with Gasteiger partial charge in [0, 0.05) is 12.1 Å². The normalized spacial score (nSPS) is 10.1. The van der Waals surface area contributed by atoms with Crippen molar-refractivity contribution in [2.75, 3.05) is 5.32 Å². The van der Waals surface area contributed by atoms with E-state index in [2.05, 4.69) is 11.9 Å². The van der Waals surface area contributed by atoms with E-state index in [-0.39, 0.29) is 5.78 Å². The second-order valence-electron chi connectivity index (χ2n) is 4.61. The number of halogens is 1. The highest BCUT2D eigenvalue weighted by atomic mass is 35.5. The van der Waals surface area contributed by atoms with Crippen molar-refractivity contribution in [3.8, 4) is 0 Å². The average molecular weight is 286 g/mol. The smallest absolute Gasteiger partial charge is 0.163 e. The van der Waals surface area contributed by atoms with Crippen molar-refractivity contribution in [2.24, 2.45) is 0 Å². The van der Waals surface area contributed by atoms with E-state index in [9.17, 15) is 4.79 Å². The Bertz CT molecular complexity index is 635. The predicted octanol–water partition coefficient (Wildman–Crippen LogP) is 4.71. The van der Waals surface area contributed by atoms with Crippen LogP contribution in [0.3, 0.4) is 0 Å². The summed E-state index contributed by atoms with van der Waals surface area (Å²) in [6.07, 6.45) is 0.699. The fourth-order valence-electron chi connectivity index (χ4n) is 2.06. The molecule has 2 rings (SSSR count). The van der Waals surface area contributed by atoms with Crippen LogP contribution in [-0.4, -0.2) is 5.78 Å². The number of rotatable bonds is 5. The van der Waals surface area contributed by atoms with Crippen LogP contribution in [0.5, 0.6) is 0 Å². The molecule has 0 aromatic heterocycles. The summed E-state index contributed by atoms with van der Waals surface area (Å²) >= 11 is 6.08. The van der Waals surface area contributed by atoms with Crippen LogP contribution >= 0.6 is 11.6 Å². The van der Waals surface area contributed by atoms with Crippen molar-refractivity contribution in [1.82, 2.24) is 0 Å². The van der Waals surface area contributed by atoms with Gasteiger partial charge >= 0.3 is 0 Å². The van der Waals surface area contributed by atoms with Crippen molar-refractivity contribution in [1.29, 1.82) is 0 Å². The van der Waals surface area contributed by atoms with Crippen LogP contribution in [0, 0.1) is 0 Å². The van der Waals surface area contributed by atoms with Crippen LogP contribution < -0.4 is 5.32 Å². The summed E-state index contributed by atoms with van der Waals surface area (Å²) in [5.74, 6) is -0.0642. The Hall–Kier alpha value is -2.06. The molecule has 0 fully saturated rings. The number of allylic oxidation sites excluding steroid dienone is 1. The molecule has 20 heavy (non-hydrogen) atoms. The number of Topliss-reactive ketones (excluding diaryl/α,β-unsaturated/α-hetero) is 1. The Balaban J connectivity index is 2.16. The highest BCUT2D eigenvalue weighted by Gasteiger charge is 2.11. The lowest BCUT2D eigenvalue weighted by Gasteiger charge is -2.13. The van der Waals surface area contributed by atoms with Crippen molar-refractivity contribution >= 4 is 23.1 Å². The standard InChI is InChI=1S/C17H16ClNO/c1-12(11-14-7-4-3-5-8-14)19-16-10-6-9-15(18)17(16)13(2)20/h3-10,19H,1,11H2,2H3. The van der Waals surface area contributed by atoms with Gasteiger partial charge in [-0.25, -0.2) is 0 Å². The maximum Gasteiger partial charge on any atom is 0.163 e. The molecule has 2 nitrogen and oxygen atoms in total. The maximum atomic E-state index is 11.7. The first kappa shape index (κ1) is 14.4. The molecule has 0 saturated carbocycles. The highest BCUT2D eigenvalue weighted by Crippen LogP contribution is 2.26. The minimum Gasteiger partial charge on any atom is -0.359 e. The molecule has 3 heteroatoms. The largest absolute Gasteiger partial charge is 0.359 e. The minimum absolute atomic E-state index is 0.0642. The van der Waals surface area contributed by atoms with Crippen LogP contribution in [0.4, 0.5) is 5.69 Å². The van der Waals surface area contributed by atoms with Crippen molar-refractivity contribution in [2.45, 2.75) is 13.3 Å². The monoisotopic (exact) mass is 285 g/mol. The van der Waals surface area contributed by atoms with Gasteiger partial charge in [0.2, 0.25) is 0 Å². The number of ketones is 1. The highest BCUT2D eigenvalue weighted by molar-refractivity contribution is 6.34. The Kier molecular flexibility index (Phi) is 4.59. The molecule has 2 aromatic rings. The number of hydrogen-bond acceptors (Lipinski definition) is 2. The summed E-state index contributed by atoms with van der Waals surface area (Å²) in [6.45, 7) is 5.52. The van der Waals surface area contributed by atoms with Gasteiger partial charge in [-0.1, -0.05) is 54.6 Å². The number of carbonyl (C=O) groups excluding carboxylic acids is 1. The van der Waals surface area contributed by atoms with E-state index in [4.69, 9.17) is 11.6 Å². The molecule has 0 bridgehead atoms. The summed E-state index contributed by atoms with van der Waals surface area (Å²) in [5, 5.41) is 3.64. The number of benzene rings is 2. The van der Waals surface area contributed by atoms with Crippen LogP contribution in [-0.2, 0) is 6.42 Å². The van der Waals surface area contributed by atoms with Gasteiger partial charge in [-0.05, 0) is 24.6 Å². The summed E-state index contributed by atoms with van der Waals surface area (Å²) < 4.78 is 0. The zero-order chi connectivity index (χ0) is 14.5. The van der Waals surface area contributed by atoms with Crippen molar-refractivity contribution in [3.63, 3.8) is 0 Å². The molecular formula is C17H16ClNO. The molecule has 1 N–H and O–H groups in total. The van der Waals surface area contributed by atoms with Crippen molar-refractivity contribution in [3.05, 3.63) is 77.0 Å². The fraction of sp³-hybridized carbons (Fsp3) is 0.118. The summed E-state index contributed by atoms with van der Waals surface area (Å²) in [4.78, 5) is 11.7. The molecule has 2 aromatic carbocycles. The van der Waals surface area contributed by atoms with Gasteiger partial charge in [-0.15, -0.1) is 0 Å². The van der Waals surface area contributed by atoms with E-state index in [1.807, 2.05) is 42.5 Å². The van der Waals surface area contributed by atoms with Crippen LogP contribution in [0.25, 0.3) is 0 Å². The molecule has 102 valence electrons. The zero-order valence-corrected chi connectivity index (χ0v) is 12.1. The van der Waals surface area contributed by atoms with Gasteiger partial charge in [-0.3, -0.25) is 4.79 Å². The van der Waals surface area contributed by atoms with Crippen LogP contribution in [0.15, 0.2) is 60.8 Å². The number of hydrogen-bond donors (Lipinski definition) is 1. The molecule has 0 spiro atoms. The molecule has 0 amide bonds. The maximum absolute atomic E-state index is 11.7. The molecule has 0 heterocycles. The third-order valence-corrected chi connectivity index (χ3v) is 3.25. The number of carbonyl (C=O) groups is 1. The first-order valence-corrected chi connectivity index (χ1v) is 6.74. The minimum atomic E-state index is -0.0642. The van der Waals surface area contributed by atoms with Crippen LogP contribution in [0.2, 0.25) is 5.02 Å². The predicted molar refractivity (Wildman–Crippen MR) is 84.4 cm³/mol. The Morgan fingerprint density at radius 1 is 1.15 bits per heavy atom. The van der Waals surface area contributed by atoms with E-state index in [1.165, 1.54) is 6.92 Å². The molecule has 0 atom stereocenters. The molecule has 0 saturated heterocycles. The fourth-order valence-corrected chi connectivity index (χ4v) is 2.37. The third kappa shape index (κ3) is 3.49. The van der Waals surface area contributed by atoms with Gasteiger partial charge in [0.25, 0.3) is 0 Å². The lowest BCUT2D eigenvalue weighted by atomic mass is 10.1. The average Bonchev–Trinajstić information content (AvgIpc) is 2.39. The molecule has 0 unspecified atom stereocenters. The van der Waals surface area contributed by atoms with Gasteiger partial charge in [0.1, 0.15) is 0 Å². The van der Waals surface area contributed by atoms with Gasteiger partial charge < -0.3 is 5.32 Å². The Labute approximate surface area is 124 Å². The van der Waals surface area contributed by atoms with E-state index in [1.54, 1.807) is 6.07 Å². The Morgan fingerprint density at radius 3 is 2.50 bits per heavy atom. The first-order chi connectivity index (χ1) is 9.58. The van der Waals surface area contributed by atoms with Crippen molar-refractivity contribution < 1.29 is 4.79 Å².